The van der Waals surface area contributed by atoms with E-state index >= 15 is 0 Å². The monoisotopic (exact) mass is 382 g/mol. The lowest BCUT2D eigenvalue weighted by Gasteiger charge is -2.23. The van der Waals surface area contributed by atoms with Crippen LogP contribution in [0, 0.1) is 5.92 Å². The number of carbonyl (C=O) groups excluding carboxylic acids is 3. The third kappa shape index (κ3) is 4.43. The first-order valence-corrected chi connectivity index (χ1v) is 7.49. The smallest absolute Gasteiger partial charge is 0.322 e. The van der Waals surface area contributed by atoms with Gasteiger partial charge in [0, 0.05) is 6.92 Å². The quantitative estimate of drug-likeness (QED) is 0.245. The summed E-state index contributed by atoms with van der Waals surface area (Å²) in [5.41, 5.74) is 0. The van der Waals surface area contributed by atoms with Crippen molar-refractivity contribution in [2.75, 3.05) is 6.61 Å². The fraction of sp³-hybridized carbons (Fsp3) is 0.769. The summed E-state index contributed by atoms with van der Waals surface area (Å²) < 4.78 is 9.64. The van der Waals surface area contributed by atoms with Crippen molar-refractivity contribution in [1.82, 2.24) is 0 Å². The number of esters is 2. The van der Waals surface area contributed by atoms with E-state index in [1.54, 1.807) is 6.92 Å². The minimum atomic E-state index is -0.621. The summed E-state index contributed by atoms with van der Waals surface area (Å²) >= 11 is 2.10. The Balaban J connectivity index is 2.78. The molecule has 2 unspecified atom stereocenters. The van der Waals surface area contributed by atoms with Crippen molar-refractivity contribution in [2.45, 2.75) is 49.1 Å². The highest BCUT2D eigenvalue weighted by atomic mass is 127. The van der Waals surface area contributed by atoms with Crippen LogP contribution in [0.2, 0.25) is 0 Å². The molecule has 6 heteroatoms. The normalized spacial score (nSPS) is 31.1. The fourth-order valence-corrected chi connectivity index (χ4v) is 3.05. The largest absolute Gasteiger partial charge is 0.465 e. The van der Waals surface area contributed by atoms with Crippen LogP contribution in [-0.2, 0) is 23.9 Å². The molecule has 1 rings (SSSR count). The van der Waals surface area contributed by atoms with E-state index in [0.717, 1.165) is 6.29 Å². The van der Waals surface area contributed by atoms with E-state index in [0.29, 0.717) is 32.3 Å². The van der Waals surface area contributed by atoms with E-state index in [9.17, 15) is 14.4 Å². The molecule has 0 aliphatic heterocycles. The van der Waals surface area contributed by atoms with Gasteiger partial charge in [-0.05, 0) is 32.6 Å². The first-order chi connectivity index (χ1) is 8.92. The zero-order chi connectivity index (χ0) is 14.5. The number of alkyl halides is 1. The van der Waals surface area contributed by atoms with Crippen LogP contribution in [0.3, 0.4) is 0 Å². The van der Waals surface area contributed by atoms with E-state index in [2.05, 4.69) is 22.6 Å². The Morgan fingerprint density at radius 2 is 2.00 bits per heavy atom. The van der Waals surface area contributed by atoms with Crippen molar-refractivity contribution in [2.24, 2.45) is 5.92 Å². The lowest BCUT2D eigenvalue weighted by Crippen LogP contribution is -2.33. The molecule has 1 saturated carbocycles. The Morgan fingerprint density at radius 1 is 1.37 bits per heavy atom. The van der Waals surface area contributed by atoms with Crippen molar-refractivity contribution in [3.63, 3.8) is 0 Å². The van der Waals surface area contributed by atoms with E-state index < -0.39 is 15.5 Å². The highest BCUT2D eigenvalue weighted by molar-refractivity contribution is 14.1. The molecule has 0 aromatic carbocycles. The predicted octanol–water partition coefficient (Wildman–Crippen LogP) is 2.04. The summed E-state index contributed by atoms with van der Waals surface area (Å²) in [5, 5.41) is 0. The molecule has 0 spiro atoms. The molecule has 0 bridgehead atoms. The molecule has 3 atom stereocenters. The van der Waals surface area contributed by atoms with Gasteiger partial charge in [-0.2, -0.15) is 0 Å². The second-order valence-electron chi connectivity index (χ2n) is 4.71. The Kier molecular flexibility index (Phi) is 6.22. The Labute approximate surface area is 126 Å². The van der Waals surface area contributed by atoms with Crippen molar-refractivity contribution < 1.29 is 23.9 Å². The zero-order valence-corrected chi connectivity index (χ0v) is 13.3. The molecule has 0 amide bonds. The van der Waals surface area contributed by atoms with Crippen LogP contribution in [0.25, 0.3) is 0 Å². The number of aldehydes is 1. The first kappa shape index (κ1) is 16.4. The van der Waals surface area contributed by atoms with Crippen LogP contribution >= 0.6 is 22.6 Å². The average molecular weight is 382 g/mol. The van der Waals surface area contributed by atoms with Gasteiger partial charge < -0.3 is 14.3 Å². The second kappa shape index (κ2) is 7.21. The van der Waals surface area contributed by atoms with Gasteiger partial charge in [-0.15, -0.1) is 0 Å². The van der Waals surface area contributed by atoms with Gasteiger partial charge in [-0.25, -0.2) is 0 Å². The number of hydrogen-bond acceptors (Lipinski definition) is 5. The van der Waals surface area contributed by atoms with Crippen LogP contribution in [0.5, 0.6) is 0 Å². The third-order valence-electron chi connectivity index (χ3n) is 3.31. The molecule has 108 valence electrons. The molecular formula is C13H19IO5. The third-order valence-corrected chi connectivity index (χ3v) is 4.83. The molecule has 0 heterocycles. The van der Waals surface area contributed by atoms with Crippen molar-refractivity contribution >= 4 is 40.8 Å². The molecular weight excluding hydrogens is 363 g/mol. The van der Waals surface area contributed by atoms with E-state index in [-0.39, 0.29) is 11.9 Å². The molecule has 19 heavy (non-hydrogen) atoms. The van der Waals surface area contributed by atoms with Crippen LogP contribution < -0.4 is 0 Å². The number of hydrogen-bond donors (Lipinski definition) is 0. The van der Waals surface area contributed by atoms with Crippen molar-refractivity contribution in [3.8, 4) is 0 Å². The fourth-order valence-electron chi connectivity index (χ4n) is 2.27. The highest BCUT2D eigenvalue weighted by Gasteiger charge is 2.42. The van der Waals surface area contributed by atoms with Crippen LogP contribution in [-0.4, -0.2) is 34.4 Å². The Hall–Kier alpha value is -0.660. The first-order valence-electron chi connectivity index (χ1n) is 6.41. The summed E-state index contributed by atoms with van der Waals surface area (Å²) in [5.74, 6) is -0.979. The summed E-state index contributed by atoms with van der Waals surface area (Å²) in [6.45, 7) is 3.44. The molecule has 0 N–H and O–H groups in total. The lowest BCUT2D eigenvalue weighted by molar-refractivity contribution is -0.150. The van der Waals surface area contributed by atoms with Gasteiger partial charge in [-0.1, -0.05) is 22.6 Å². The van der Waals surface area contributed by atoms with Gasteiger partial charge in [-0.3, -0.25) is 9.59 Å². The predicted molar refractivity (Wildman–Crippen MR) is 77.0 cm³/mol. The SMILES string of the molecule is CCOC(=O)C1(I)CCC(OC(C)=O)[C@H](C=O)CC1. The van der Waals surface area contributed by atoms with E-state index in [1.807, 2.05) is 0 Å². The molecule has 1 aliphatic carbocycles. The topological polar surface area (TPSA) is 69.7 Å². The average Bonchev–Trinajstić information content (AvgIpc) is 2.50. The van der Waals surface area contributed by atoms with Gasteiger partial charge in [0.25, 0.3) is 0 Å². The molecule has 0 saturated heterocycles. The van der Waals surface area contributed by atoms with E-state index in [1.165, 1.54) is 6.92 Å². The van der Waals surface area contributed by atoms with Crippen LogP contribution in [0.15, 0.2) is 0 Å². The van der Waals surface area contributed by atoms with Gasteiger partial charge >= 0.3 is 11.9 Å². The second-order valence-corrected chi connectivity index (χ2v) is 6.78. The molecule has 1 fully saturated rings. The minimum absolute atomic E-state index is 0.247. The Bertz CT molecular complexity index is 357. The molecule has 0 radical (unpaired) electrons. The number of carbonyl (C=O) groups is 3. The number of halogens is 1. The summed E-state index contributed by atoms with van der Waals surface area (Å²) in [4.78, 5) is 34.1. The van der Waals surface area contributed by atoms with Gasteiger partial charge in [0.15, 0.2) is 0 Å². The summed E-state index contributed by atoms with van der Waals surface area (Å²) in [7, 11) is 0. The molecule has 0 aromatic rings. The standard InChI is InChI=1S/C13H19IO5/c1-3-18-12(17)13(14)6-4-10(8-15)11(5-7-13)19-9(2)16/h8,10-11H,3-7H2,1-2H3/t10-,11?,13?/m0/s1. The van der Waals surface area contributed by atoms with Gasteiger partial charge in [0.2, 0.25) is 0 Å². The van der Waals surface area contributed by atoms with Crippen molar-refractivity contribution in [1.29, 1.82) is 0 Å². The summed E-state index contributed by atoms with van der Waals surface area (Å²) in [6.07, 6.45) is 2.54. The maximum Gasteiger partial charge on any atom is 0.322 e. The Morgan fingerprint density at radius 3 is 2.53 bits per heavy atom. The maximum atomic E-state index is 12.0. The van der Waals surface area contributed by atoms with Crippen molar-refractivity contribution in [3.05, 3.63) is 0 Å². The zero-order valence-electron chi connectivity index (χ0n) is 11.2. The summed E-state index contributed by atoms with van der Waals surface area (Å²) in [6, 6.07) is 0. The van der Waals surface area contributed by atoms with Gasteiger partial charge in [0.1, 0.15) is 15.8 Å². The maximum absolute atomic E-state index is 12.0. The highest BCUT2D eigenvalue weighted by Crippen LogP contribution is 2.39. The van der Waals surface area contributed by atoms with Crippen LogP contribution in [0.1, 0.15) is 39.5 Å². The van der Waals surface area contributed by atoms with Crippen LogP contribution in [0.4, 0.5) is 0 Å². The number of ether oxygens (including phenoxy) is 2. The van der Waals surface area contributed by atoms with Gasteiger partial charge in [0.05, 0.1) is 12.5 Å². The molecule has 5 nitrogen and oxygen atoms in total. The molecule has 0 aromatic heterocycles. The van der Waals surface area contributed by atoms with E-state index in [4.69, 9.17) is 9.47 Å². The lowest BCUT2D eigenvalue weighted by atomic mass is 9.98. The molecule has 1 aliphatic rings. The minimum Gasteiger partial charge on any atom is -0.465 e. The number of rotatable bonds is 4.